The molecule has 0 amide bonds. The first kappa shape index (κ1) is 17.3. The number of rotatable bonds is 6. The second-order valence-corrected chi connectivity index (χ2v) is 7.93. The molecule has 0 atom stereocenters. The van der Waals surface area contributed by atoms with Crippen LogP contribution in [0.15, 0.2) is 24.3 Å². The molecule has 0 aliphatic carbocycles. The normalized spacial score (nSPS) is 17.6. The number of nitrogens with one attached hydrogen (secondary N) is 1. The molecule has 0 bridgehead atoms. The van der Waals surface area contributed by atoms with Crippen molar-refractivity contribution in [2.24, 2.45) is 0 Å². The van der Waals surface area contributed by atoms with Gasteiger partial charge in [0.2, 0.25) is 10.0 Å². The highest BCUT2D eigenvalue weighted by atomic mass is 32.2. The lowest BCUT2D eigenvalue weighted by molar-refractivity contribution is -0.00803. The minimum atomic E-state index is -3.45. The maximum absolute atomic E-state index is 12.8. The molecular formula is C15H23FN2O3S. The fraction of sp³-hybridized carbons (Fsp3) is 0.600. The monoisotopic (exact) mass is 330 g/mol. The van der Waals surface area contributed by atoms with Crippen molar-refractivity contribution in [1.29, 1.82) is 0 Å². The zero-order valence-corrected chi connectivity index (χ0v) is 13.8. The summed E-state index contributed by atoms with van der Waals surface area (Å²) in [5.41, 5.74) is 0.290. The van der Waals surface area contributed by atoms with E-state index < -0.39 is 10.0 Å². The summed E-state index contributed by atoms with van der Waals surface area (Å²) < 4.78 is 45.2. The number of sulfonamides is 1. The maximum Gasteiger partial charge on any atom is 0.215 e. The van der Waals surface area contributed by atoms with Crippen LogP contribution in [0.3, 0.4) is 0 Å². The van der Waals surface area contributed by atoms with E-state index in [4.69, 9.17) is 4.74 Å². The van der Waals surface area contributed by atoms with Gasteiger partial charge in [-0.15, -0.1) is 0 Å². The largest absolute Gasteiger partial charge is 0.379 e. The van der Waals surface area contributed by atoms with E-state index in [9.17, 15) is 12.8 Å². The molecule has 124 valence electrons. The second kappa shape index (κ2) is 7.04. The van der Waals surface area contributed by atoms with E-state index in [-0.39, 0.29) is 17.1 Å². The minimum Gasteiger partial charge on any atom is -0.379 e. The molecule has 1 heterocycles. The Bertz CT molecular complexity index is 581. The van der Waals surface area contributed by atoms with Crippen molar-refractivity contribution < 1.29 is 17.5 Å². The Kier molecular flexibility index (Phi) is 5.55. The predicted molar refractivity (Wildman–Crippen MR) is 83.5 cm³/mol. The van der Waals surface area contributed by atoms with Crippen molar-refractivity contribution in [3.63, 3.8) is 0 Å². The van der Waals surface area contributed by atoms with Crippen molar-refractivity contribution in [3.05, 3.63) is 35.6 Å². The molecule has 0 aromatic heterocycles. The summed E-state index contributed by atoms with van der Waals surface area (Å²) in [5, 5.41) is 0. The molecule has 1 aromatic rings. The van der Waals surface area contributed by atoms with E-state index in [1.165, 1.54) is 24.3 Å². The van der Waals surface area contributed by atoms with E-state index >= 15 is 0 Å². The number of hydrogen-bond donors (Lipinski definition) is 1. The molecule has 2 rings (SSSR count). The molecule has 0 spiro atoms. The van der Waals surface area contributed by atoms with Gasteiger partial charge < -0.3 is 4.74 Å². The van der Waals surface area contributed by atoms with E-state index in [1.54, 1.807) is 0 Å². The zero-order valence-electron chi connectivity index (χ0n) is 13.0. The van der Waals surface area contributed by atoms with Gasteiger partial charge in [-0.25, -0.2) is 17.5 Å². The molecule has 1 fully saturated rings. The van der Waals surface area contributed by atoms with Crippen LogP contribution in [0.5, 0.6) is 0 Å². The molecule has 7 heteroatoms. The molecule has 1 saturated heterocycles. The molecule has 1 aromatic carbocycles. The summed E-state index contributed by atoms with van der Waals surface area (Å²) in [6, 6.07) is 5.51. The van der Waals surface area contributed by atoms with E-state index in [0.29, 0.717) is 25.3 Å². The van der Waals surface area contributed by atoms with Crippen LogP contribution in [-0.2, 0) is 20.5 Å². The van der Waals surface area contributed by atoms with Crippen molar-refractivity contribution in [1.82, 2.24) is 9.62 Å². The second-order valence-electron chi connectivity index (χ2n) is 6.12. The molecule has 1 aliphatic rings. The maximum atomic E-state index is 12.8. The third kappa shape index (κ3) is 5.01. The minimum absolute atomic E-state index is 0.146. The van der Waals surface area contributed by atoms with Crippen LogP contribution >= 0.6 is 0 Å². The molecule has 0 radical (unpaired) electrons. The molecule has 0 saturated carbocycles. The van der Waals surface area contributed by atoms with Gasteiger partial charge in [0, 0.05) is 25.2 Å². The Morgan fingerprint density at radius 1 is 1.23 bits per heavy atom. The number of nitrogens with zero attached hydrogens (tertiary/aromatic N) is 1. The Balaban J connectivity index is 1.92. The van der Waals surface area contributed by atoms with Crippen LogP contribution in [0.1, 0.15) is 19.4 Å². The van der Waals surface area contributed by atoms with Crippen LogP contribution in [-0.4, -0.2) is 51.7 Å². The number of halogens is 1. The van der Waals surface area contributed by atoms with Gasteiger partial charge >= 0.3 is 0 Å². The number of ether oxygens (including phenoxy) is 1. The van der Waals surface area contributed by atoms with Gasteiger partial charge in [-0.1, -0.05) is 12.1 Å². The average molecular weight is 330 g/mol. The Labute approximate surface area is 131 Å². The summed E-state index contributed by atoms with van der Waals surface area (Å²) in [6.07, 6.45) is 0. The molecule has 1 N–H and O–H groups in total. The summed E-state index contributed by atoms with van der Waals surface area (Å²) >= 11 is 0. The standard InChI is InChI=1S/C15H23FN2O3S/c1-15(2,18-7-9-21-10-8-18)12-17-22(19,20)11-13-3-5-14(16)6-4-13/h3-6,17H,7-12H2,1-2H3. The Morgan fingerprint density at radius 2 is 1.82 bits per heavy atom. The molecule has 0 unspecified atom stereocenters. The van der Waals surface area contributed by atoms with Crippen LogP contribution in [0.25, 0.3) is 0 Å². The third-order valence-electron chi connectivity index (χ3n) is 3.86. The van der Waals surface area contributed by atoms with Crippen LogP contribution < -0.4 is 4.72 Å². The molecule has 5 nitrogen and oxygen atoms in total. The lowest BCUT2D eigenvalue weighted by Crippen LogP contribution is -2.55. The lowest BCUT2D eigenvalue weighted by atomic mass is 10.0. The van der Waals surface area contributed by atoms with Gasteiger partial charge in [-0.05, 0) is 31.5 Å². The fourth-order valence-corrected chi connectivity index (χ4v) is 3.72. The highest BCUT2D eigenvalue weighted by Gasteiger charge is 2.29. The number of benzene rings is 1. The number of hydrogen-bond acceptors (Lipinski definition) is 4. The van der Waals surface area contributed by atoms with Gasteiger partial charge in [0.15, 0.2) is 0 Å². The summed E-state index contributed by atoms with van der Waals surface area (Å²) in [6.45, 7) is 7.30. The quantitative estimate of drug-likeness (QED) is 0.855. The highest BCUT2D eigenvalue weighted by molar-refractivity contribution is 7.88. The zero-order chi connectivity index (χ0) is 16.2. The van der Waals surface area contributed by atoms with E-state index in [2.05, 4.69) is 9.62 Å². The van der Waals surface area contributed by atoms with E-state index in [1.807, 2.05) is 13.8 Å². The summed E-state index contributed by atoms with van der Waals surface area (Å²) in [7, 11) is -3.45. The van der Waals surface area contributed by atoms with Crippen LogP contribution in [0.4, 0.5) is 4.39 Å². The number of morpholine rings is 1. The molecule has 22 heavy (non-hydrogen) atoms. The Hall–Kier alpha value is -1.02. The summed E-state index contributed by atoms with van der Waals surface area (Å²) in [5.74, 6) is -0.519. The highest BCUT2D eigenvalue weighted by Crippen LogP contribution is 2.16. The van der Waals surface area contributed by atoms with Crippen LogP contribution in [0.2, 0.25) is 0 Å². The third-order valence-corrected chi connectivity index (χ3v) is 5.16. The first-order valence-electron chi connectivity index (χ1n) is 7.33. The first-order valence-corrected chi connectivity index (χ1v) is 8.98. The van der Waals surface area contributed by atoms with Crippen molar-refractivity contribution in [2.75, 3.05) is 32.8 Å². The van der Waals surface area contributed by atoms with E-state index in [0.717, 1.165) is 13.1 Å². The van der Waals surface area contributed by atoms with Crippen molar-refractivity contribution in [3.8, 4) is 0 Å². The summed E-state index contributed by atoms with van der Waals surface area (Å²) in [4.78, 5) is 2.22. The molecule has 1 aliphatic heterocycles. The SMILES string of the molecule is CC(C)(CNS(=O)(=O)Cc1ccc(F)cc1)N1CCOCC1. The molecular weight excluding hydrogens is 307 g/mol. The first-order chi connectivity index (χ1) is 10.3. The fourth-order valence-electron chi connectivity index (χ4n) is 2.42. The van der Waals surface area contributed by atoms with Gasteiger partial charge in [0.25, 0.3) is 0 Å². The van der Waals surface area contributed by atoms with Gasteiger partial charge in [0.05, 0.1) is 19.0 Å². The van der Waals surface area contributed by atoms with Gasteiger partial charge in [-0.3, -0.25) is 4.90 Å². The Morgan fingerprint density at radius 3 is 2.41 bits per heavy atom. The van der Waals surface area contributed by atoms with Crippen LogP contribution in [0, 0.1) is 5.82 Å². The topological polar surface area (TPSA) is 58.6 Å². The van der Waals surface area contributed by atoms with Gasteiger partial charge in [0.1, 0.15) is 5.82 Å². The van der Waals surface area contributed by atoms with Gasteiger partial charge in [-0.2, -0.15) is 0 Å². The van der Waals surface area contributed by atoms with Crippen molar-refractivity contribution in [2.45, 2.75) is 25.1 Å². The lowest BCUT2D eigenvalue weighted by Gasteiger charge is -2.40. The predicted octanol–water partition coefficient (Wildman–Crippen LogP) is 1.36. The average Bonchev–Trinajstić information content (AvgIpc) is 2.49. The van der Waals surface area contributed by atoms with Crippen molar-refractivity contribution >= 4 is 10.0 Å². The smallest absolute Gasteiger partial charge is 0.215 e.